The molecule has 1 atom stereocenters. The molecule has 2 N–H and O–H groups in total. The summed E-state index contributed by atoms with van der Waals surface area (Å²) in [5.41, 5.74) is 5.29. The first kappa shape index (κ1) is 14.4. The normalized spacial score (nSPS) is 22.2. The molecule has 1 aliphatic rings. The van der Waals surface area contributed by atoms with Crippen molar-refractivity contribution in [2.24, 2.45) is 5.73 Å². The van der Waals surface area contributed by atoms with Gasteiger partial charge in [0.1, 0.15) is 0 Å². The van der Waals surface area contributed by atoms with Crippen molar-refractivity contribution in [3.8, 4) is 0 Å². The number of primary amides is 1. The van der Waals surface area contributed by atoms with Crippen LogP contribution in [0.2, 0.25) is 0 Å². The highest BCUT2D eigenvalue weighted by atomic mass is 32.2. The van der Waals surface area contributed by atoms with Gasteiger partial charge in [0, 0.05) is 20.1 Å². The summed E-state index contributed by atoms with van der Waals surface area (Å²) < 4.78 is 24.4. The van der Waals surface area contributed by atoms with E-state index in [0.29, 0.717) is 13.1 Å². The summed E-state index contributed by atoms with van der Waals surface area (Å²) in [6, 6.07) is -0.229. The van der Waals surface area contributed by atoms with Crippen molar-refractivity contribution in [2.75, 3.05) is 32.4 Å². The first-order valence-corrected chi connectivity index (χ1v) is 7.46. The molecule has 0 saturated carbocycles. The van der Waals surface area contributed by atoms with Gasteiger partial charge in [0.2, 0.25) is 15.9 Å². The SMILES string of the molecule is CCS(=O)(=O)N(C)CCN1CCCC1C(N)=O. The molecule has 0 bridgehead atoms. The number of likely N-dealkylation sites (tertiary alicyclic amines) is 1. The van der Waals surface area contributed by atoms with Crippen LogP contribution in [0.1, 0.15) is 19.8 Å². The lowest BCUT2D eigenvalue weighted by atomic mass is 10.2. The Morgan fingerprint density at radius 2 is 2.18 bits per heavy atom. The molecule has 0 radical (unpaired) electrons. The van der Waals surface area contributed by atoms with Crippen molar-refractivity contribution >= 4 is 15.9 Å². The van der Waals surface area contributed by atoms with Crippen LogP contribution in [-0.4, -0.2) is 62.0 Å². The van der Waals surface area contributed by atoms with E-state index < -0.39 is 10.0 Å². The highest BCUT2D eigenvalue weighted by molar-refractivity contribution is 7.89. The molecule has 7 heteroatoms. The molecule has 1 unspecified atom stereocenters. The van der Waals surface area contributed by atoms with E-state index in [4.69, 9.17) is 5.73 Å². The number of rotatable bonds is 6. The zero-order valence-electron chi connectivity index (χ0n) is 10.4. The maximum atomic E-state index is 11.5. The average Bonchev–Trinajstić information content (AvgIpc) is 2.73. The summed E-state index contributed by atoms with van der Waals surface area (Å²) in [5, 5.41) is 0. The van der Waals surface area contributed by atoms with Crippen LogP contribution >= 0.6 is 0 Å². The molecule has 0 spiro atoms. The average molecular weight is 263 g/mol. The largest absolute Gasteiger partial charge is 0.368 e. The third-order valence-corrected chi connectivity index (χ3v) is 5.10. The highest BCUT2D eigenvalue weighted by Gasteiger charge is 2.29. The number of hydrogen-bond donors (Lipinski definition) is 1. The van der Waals surface area contributed by atoms with Crippen molar-refractivity contribution in [1.29, 1.82) is 0 Å². The lowest BCUT2D eigenvalue weighted by Crippen LogP contribution is -2.44. The minimum Gasteiger partial charge on any atom is -0.368 e. The van der Waals surface area contributed by atoms with Gasteiger partial charge >= 0.3 is 0 Å². The summed E-state index contributed by atoms with van der Waals surface area (Å²) in [6.45, 7) is 3.39. The topological polar surface area (TPSA) is 83.7 Å². The minimum absolute atomic E-state index is 0.0999. The van der Waals surface area contributed by atoms with Crippen LogP contribution in [0.4, 0.5) is 0 Å². The third-order valence-electron chi connectivity index (χ3n) is 3.23. The minimum atomic E-state index is -3.14. The molecule has 1 aliphatic heterocycles. The first-order chi connectivity index (χ1) is 7.88. The smallest absolute Gasteiger partial charge is 0.234 e. The van der Waals surface area contributed by atoms with E-state index in [1.165, 1.54) is 4.31 Å². The van der Waals surface area contributed by atoms with Crippen LogP contribution in [-0.2, 0) is 14.8 Å². The lowest BCUT2D eigenvalue weighted by Gasteiger charge is -2.24. The Balaban J connectivity index is 2.48. The zero-order valence-corrected chi connectivity index (χ0v) is 11.2. The molecular weight excluding hydrogens is 242 g/mol. The second kappa shape index (κ2) is 5.79. The zero-order chi connectivity index (χ0) is 13.1. The number of nitrogens with two attached hydrogens (primary N) is 1. The summed E-state index contributed by atoms with van der Waals surface area (Å²) in [7, 11) is -1.57. The molecule has 17 heavy (non-hydrogen) atoms. The number of hydrogen-bond acceptors (Lipinski definition) is 4. The Morgan fingerprint density at radius 1 is 1.53 bits per heavy atom. The van der Waals surface area contributed by atoms with Crippen LogP contribution in [0.3, 0.4) is 0 Å². The van der Waals surface area contributed by atoms with Gasteiger partial charge < -0.3 is 5.73 Å². The Labute approximate surface area is 103 Å². The van der Waals surface area contributed by atoms with Gasteiger partial charge in [-0.2, -0.15) is 0 Å². The molecule has 0 aromatic carbocycles. The highest BCUT2D eigenvalue weighted by Crippen LogP contribution is 2.16. The van der Waals surface area contributed by atoms with Gasteiger partial charge in [-0.25, -0.2) is 12.7 Å². The van der Waals surface area contributed by atoms with E-state index in [1.807, 2.05) is 4.90 Å². The number of amides is 1. The molecule has 1 heterocycles. The van der Waals surface area contributed by atoms with Crippen LogP contribution in [0.15, 0.2) is 0 Å². The molecule has 1 fully saturated rings. The molecule has 1 rings (SSSR count). The summed E-state index contributed by atoms with van der Waals surface area (Å²) in [4.78, 5) is 13.1. The summed E-state index contributed by atoms with van der Waals surface area (Å²) >= 11 is 0. The monoisotopic (exact) mass is 263 g/mol. The number of nitrogens with zero attached hydrogens (tertiary/aromatic N) is 2. The lowest BCUT2D eigenvalue weighted by molar-refractivity contribution is -0.122. The molecule has 0 aromatic heterocycles. The van der Waals surface area contributed by atoms with E-state index in [9.17, 15) is 13.2 Å². The maximum absolute atomic E-state index is 11.5. The predicted octanol–water partition coefficient (Wildman–Crippen LogP) is -0.782. The number of likely N-dealkylation sites (N-methyl/N-ethyl adjacent to an activating group) is 1. The van der Waals surface area contributed by atoms with Crippen LogP contribution < -0.4 is 5.73 Å². The van der Waals surface area contributed by atoms with E-state index in [0.717, 1.165) is 19.4 Å². The molecule has 0 aliphatic carbocycles. The fourth-order valence-electron chi connectivity index (χ4n) is 2.04. The number of carbonyl (C=O) groups excluding carboxylic acids is 1. The van der Waals surface area contributed by atoms with Crippen molar-refractivity contribution < 1.29 is 13.2 Å². The predicted molar refractivity (Wildman–Crippen MR) is 65.9 cm³/mol. The molecule has 1 saturated heterocycles. The van der Waals surface area contributed by atoms with E-state index in [2.05, 4.69) is 0 Å². The Kier molecular flexibility index (Phi) is 4.91. The summed E-state index contributed by atoms with van der Waals surface area (Å²) in [6.07, 6.45) is 1.72. The van der Waals surface area contributed by atoms with Crippen LogP contribution in [0.25, 0.3) is 0 Å². The number of carbonyl (C=O) groups is 1. The van der Waals surface area contributed by atoms with Crippen LogP contribution in [0, 0.1) is 0 Å². The second-order valence-corrected chi connectivity index (χ2v) is 6.68. The van der Waals surface area contributed by atoms with Gasteiger partial charge in [0.05, 0.1) is 11.8 Å². The van der Waals surface area contributed by atoms with E-state index in [1.54, 1.807) is 14.0 Å². The second-order valence-electron chi connectivity index (χ2n) is 4.32. The quantitative estimate of drug-likeness (QED) is 0.681. The molecule has 100 valence electrons. The maximum Gasteiger partial charge on any atom is 0.234 e. The van der Waals surface area contributed by atoms with Gasteiger partial charge in [0.25, 0.3) is 0 Å². The first-order valence-electron chi connectivity index (χ1n) is 5.86. The molecule has 1 amide bonds. The Bertz CT molecular complexity index is 369. The Hall–Kier alpha value is -0.660. The number of sulfonamides is 1. The van der Waals surface area contributed by atoms with E-state index >= 15 is 0 Å². The summed E-state index contributed by atoms with van der Waals surface area (Å²) in [5.74, 6) is -0.216. The van der Waals surface area contributed by atoms with Crippen molar-refractivity contribution in [2.45, 2.75) is 25.8 Å². The van der Waals surface area contributed by atoms with Gasteiger partial charge in [0.15, 0.2) is 0 Å². The molecular formula is C10H21N3O3S. The fourth-order valence-corrected chi connectivity index (χ4v) is 2.85. The molecule has 0 aromatic rings. The van der Waals surface area contributed by atoms with Crippen molar-refractivity contribution in [3.63, 3.8) is 0 Å². The molecule has 6 nitrogen and oxygen atoms in total. The third kappa shape index (κ3) is 3.65. The van der Waals surface area contributed by atoms with Gasteiger partial charge in [-0.15, -0.1) is 0 Å². The van der Waals surface area contributed by atoms with Gasteiger partial charge in [-0.05, 0) is 26.3 Å². The Morgan fingerprint density at radius 3 is 2.71 bits per heavy atom. The van der Waals surface area contributed by atoms with Crippen molar-refractivity contribution in [3.05, 3.63) is 0 Å². The van der Waals surface area contributed by atoms with Crippen molar-refractivity contribution in [1.82, 2.24) is 9.21 Å². The van der Waals surface area contributed by atoms with Gasteiger partial charge in [-0.3, -0.25) is 9.69 Å². The van der Waals surface area contributed by atoms with Gasteiger partial charge in [-0.1, -0.05) is 0 Å². The van der Waals surface area contributed by atoms with E-state index in [-0.39, 0.29) is 17.7 Å². The standard InChI is InChI=1S/C10H21N3O3S/c1-3-17(15,16)12(2)7-8-13-6-4-5-9(13)10(11)14/h9H,3-8H2,1-2H3,(H2,11,14). The van der Waals surface area contributed by atoms with Crippen LogP contribution in [0.5, 0.6) is 0 Å². The fraction of sp³-hybridized carbons (Fsp3) is 0.900.